The molecule has 0 spiro atoms. The molecule has 0 bridgehead atoms. The van der Waals surface area contributed by atoms with Crippen LogP contribution in [0.4, 0.5) is 0 Å². The van der Waals surface area contributed by atoms with Gasteiger partial charge < -0.3 is 10.2 Å². The minimum absolute atomic E-state index is 0.132. The summed E-state index contributed by atoms with van der Waals surface area (Å²) >= 11 is 0. The van der Waals surface area contributed by atoms with Gasteiger partial charge in [-0.05, 0) is 94.1 Å². The molecule has 3 aliphatic rings. The lowest BCUT2D eigenvalue weighted by molar-refractivity contribution is 0.0862. The molecule has 2 N–H and O–H groups in total. The molecule has 186 valence electrons. The lowest BCUT2D eigenvalue weighted by atomic mass is 9.62. The maximum atomic E-state index is 12.5. The third-order valence-corrected chi connectivity index (χ3v) is 11.1. The van der Waals surface area contributed by atoms with Crippen LogP contribution >= 0.6 is 0 Å². The van der Waals surface area contributed by atoms with Crippen molar-refractivity contribution in [1.29, 1.82) is 0 Å². The molecule has 5 atom stereocenters. The predicted octanol–water partition coefficient (Wildman–Crippen LogP) is 5.68. The first-order chi connectivity index (χ1) is 15.3. The molecule has 0 aromatic rings. The average molecular weight is 477 g/mol. The first-order valence-electron chi connectivity index (χ1n) is 12.6. The van der Waals surface area contributed by atoms with Gasteiger partial charge in [0.05, 0.1) is 22.7 Å². The molecule has 3 rings (SSSR count). The number of allylic oxidation sites excluding steroid dienone is 5. The molecule has 4 nitrogen and oxygen atoms in total. The van der Waals surface area contributed by atoms with Gasteiger partial charge in [0, 0.05) is 6.42 Å². The predicted molar refractivity (Wildman–Crippen MR) is 137 cm³/mol. The zero-order chi connectivity index (χ0) is 24.6. The zero-order valence-corrected chi connectivity index (χ0v) is 22.0. The first kappa shape index (κ1) is 26.4. The molecular weight excluding hydrogens is 432 g/mol. The Bertz CT molecular complexity index is 947. The van der Waals surface area contributed by atoms with E-state index in [1.165, 1.54) is 17.6 Å². The highest BCUT2D eigenvalue weighted by Crippen LogP contribution is 2.57. The van der Waals surface area contributed by atoms with Gasteiger partial charge in [-0.3, -0.25) is 0 Å². The van der Waals surface area contributed by atoms with E-state index in [0.29, 0.717) is 31.1 Å². The van der Waals surface area contributed by atoms with E-state index in [-0.39, 0.29) is 11.2 Å². The van der Waals surface area contributed by atoms with E-state index in [4.69, 9.17) is 0 Å². The van der Waals surface area contributed by atoms with E-state index in [2.05, 4.69) is 38.7 Å². The number of hydrogen-bond donors (Lipinski definition) is 2. The molecule has 2 fully saturated rings. The van der Waals surface area contributed by atoms with Crippen LogP contribution in [0.1, 0.15) is 86.0 Å². The van der Waals surface area contributed by atoms with E-state index in [1.54, 1.807) is 20.8 Å². The number of rotatable bonds is 6. The summed E-state index contributed by atoms with van der Waals surface area (Å²) in [5.74, 6) is 1.12. The number of sulfone groups is 1. The third-order valence-electron chi connectivity index (χ3n) is 8.39. The van der Waals surface area contributed by atoms with Crippen molar-refractivity contribution in [2.75, 3.05) is 5.75 Å². The van der Waals surface area contributed by atoms with Crippen LogP contribution in [0.25, 0.3) is 0 Å². The Labute approximate surface area is 201 Å². The first-order valence-corrected chi connectivity index (χ1v) is 14.3. The van der Waals surface area contributed by atoms with Crippen LogP contribution in [0.5, 0.6) is 0 Å². The Morgan fingerprint density at radius 1 is 1.27 bits per heavy atom. The van der Waals surface area contributed by atoms with Gasteiger partial charge in [-0.25, -0.2) is 8.42 Å². The van der Waals surface area contributed by atoms with Crippen molar-refractivity contribution in [2.45, 2.75) is 103 Å². The Balaban J connectivity index is 1.69. The van der Waals surface area contributed by atoms with Gasteiger partial charge in [-0.2, -0.15) is 0 Å². The highest BCUT2D eigenvalue weighted by molar-refractivity contribution is 7.92. The molecule has 0 aromatic heterocycles. The van der Waals surface area contributed by atoms with Gasteiger partial charge in [0.25, 0.3) is 0 Å². The molecule has 0 aromatic carbocycles. The molecular formula is C28H44O4S. The smallest absolute Gasteiger partial charge is 0.155 e. The van der Waals surface area contributed by atoms with Gasteiger partial charge in [0.15, 0.2) is 9.84 Å². The topological polar surface area (TPSA) is 74.6 Å². The van der Waals surface area contributed by atoms with Crippen LogP contribution in [0.3, 0.4) is 0 Å². The average Bonchev–Trinajstić information content (AvgIpc) is 3.06. The summed E-state index contributed by atoms with van der Waals surface area (Å²) in [4.78, 5) is 0. The highest BCUT2D eigenvalue weighted by atomic mass is 32.2. The van der Waals surface area contributed by atoms with E-state index >= 15 is 0 Å². The second-order valence-electron chi connectivity index (χ2n) is 11.8. The van der Waals surface area contributed by atoms with Crippen LogP contribution in [0, 0.1) is 17.3 Å². The number of aliphatic hydroxyl groups excluding tert-OH is 2. The Hall–Kier alpha value is -1.17. The van der Waals surface area contributed by atoms with Crippen molar-refractivity contribution in [3.05, 3.63) is 47.1 Å². The van der Waals surface area contributed by atoms with Gasteiger partial charge in [-0.15, -0.1) is 0 Å². The highest BCUT2D eigenvalue weighted by Gasteiger charge is 2.46. The SMILES string of the molecule is C=C1/C(=C\C=C2/CCC[C@]3(C)C([C@H](C)CCCS(=O)(=O)C(C)(C)C)=CC[C@@H]23)C[C@@H](O)C[C@@H]1O. The van der Waals surface area contributed by atoms with Crippen molar-refractivity contribution < 1.29 is 18.6 Å². The lowest BCUT2D eigenvalue weighted by Gasteiger charge is -2.42. The monoisotopic (exact) mass is 476 g/mol. The molecule has 0 aliphatic heterocycles. The normalized spacial score (nSPS) is 34.5. The van der Waals surface area contributed by atoms with Gasteiger partial charge in [0.2, 0.25) is 0 Å². The van der Waals surface area contributed by atoms with Crippen molar-refractivity contribution in [2.24, 2.45) is 17.3 Å². The summed E-state index contributed by atoms with van der Waals surface area (Å²) in [5.41, 5.74) is 4.78. The molecule has 5 heteroatoms. The quantitative estimate of drug-likeness (QED) is 0.484. The van der Waals surface area contributed by atoms with Gasteiger partial charge in [-0.1, -0.05) is 49.8 Å². The fourth-order valence-corrected chi connectivity index (χ4v) is 7.28. The van der Waals surface area contributed by atoms with E-state index in [9.17, 15) is 18.6 Å². The van der Waals surface area contributed by atoms with Crippen molar-refractivity contribution in [3.8, 4) is 0 Å². The van der Waals surface area contributed by atoms with Gasteiger partial charge in [0.1, 0.15) is 0 Å². The molecule has 0 amide bonds. The van der Waals surface area contributed by atoms with Crippen LogP contribution in [-0.2, 0) is 9.84 Å². The molecule has 3 aliphatic carbocycles. The lowest BCUT2D eigenvalue weighted by Crippen LogP contribution is -2.33. The maximum Gasteiger partial charge on any atom is 0.155 e. The maximum absolute atomic E-state index is 12.5. The fraction of sp³-hybridized carbons (Fsp3) is 0.714. The van der Waals surface area contributed by atoms with Crippen LogP contribution in [0.15, 0.2) is 47.1 Å². The summed E-state index contributed by atoms with van der Waals surface area (Å²) in [5, 5.41) is 20.2. The summed E-state index contributed by atoms with van der Waals surface area (Å²) in [6.45, 7) is 14.0. The minimum Gasteiger partial charge on any atom is -0.393 e. The molecule has 0 heterocycles. The fourth-order valence-electron chi connectivity index (χ4n) is 6.12. The van der Waals surface area contributed by atoms with E-state index in [1.807, 2.05) is 0 Å². The Kier molecular flexibility index (Phi) is 7.87. The summed E-state index contributed by atoms with van der Waals surface area (Å²) in [6.07, 6.45) is 12.6. The molecule has 0 saturated heterocycles. The minimum atomic E-state index is -3.07. The van der Waals surface area contributed by atoms with E-state index in [0.717, 1.165) is 36.8 Å². The number of fused-ring (bicyclic) bond motifs is 1. The second-order valence-corrected chi connectivity index (χ2v) is 14.6. The molecule has 0 radical (unpaired) electrons. The van der Waals surface area contributed by atoms with Crippen LogP contribution in [-0.4, -0.2) is 41.3 Å². The van der Waals surface area contributed by atoms with Crippen molar-refractivity contribution >= 4 is 9.84 Å². The van der Waals surface area contributed by atoms with E-state index < -0.39 is 26.8 Å². The van der Waals surface area contributed by atoms with Crippen LogP contribution < -0.4 is 0 Å². The molecule has 0 unspecified atom stereocenters. The second kappa shape index (κ2) is 9.83. The number of aliphatic hydroxyl groups is 2. The Morgan fingerprint density at radius 3 is 2.64 bits per heavy atom. The zero-order valence-electron chi connectivity index (χ0n) is 21.2. The number of hydrogen-bond acceptors (Lipinski definition) is 4. The van der Waals surface area contributed by atoms with Gasteiger partial charge >= 0.3 is 0 Å². The third kappa shape index (κ3) is 5.57. The molecule has 33 heavy (non-hydrogen) atoms. The summed E-state index contributed by atoms with van der Waals surface area (Å²) in [6, 6.07) is 0. The largest absolute Gasteiger partial charge is 0.393 e. The van der Waals surface area contributed by atoms with Crippen LogP contribution in [0.2, 0.25) is 0 Å². The molecule has 2 saturated carbocycles. The van der Waals surface area contributed by atoms with Crippen molar-refractivity contribution in [3.63, 3.8) is 0 Å². The van der Waals surface area contributed by atoms with Crippen molar-refractivity contribution in [1.82, 2.24) is 0 Å². The Morgan fingerprint density at radius 2 is 1.97 bits per heavy atom. The summed E-state index contributed by atoms with van der Waals surface area (Å²) in [7, 11) is -3.07. The standard InChI is InChI=1S/C28H44O4S/c1-19(9-8-16-33(31,32)27(3,4)5)24-13-14-25-21(10-7-15-28(24,25)6)11-12-22-17-23(29)18-26(30)20(22)2/h11-13,19,23,25-26,29-30H,2,7-10,14-18H2,1,3-6H3/b21-11+,22-12-/t19-,23-,25+,26+,28-/m1/s1. The summed E-state index contributed by atoms with van der Waals surface area (Å²) < 4.78 is 24.3.